The van der Waals surface area contributed by atoms with Crippen LogP contribution in [0, 0.1) is 6.92 Å². The molecule has 0 atom stereocenters. The zero-order valence-corrected chi connectivity index (χ0v) is 9.34. The van der Waals surface area contributed by atoms with Gasteiger partial charge < -0.3 is 15.8 Å². The Morgan fingerprint density at radius 3 is 2.76 bits per heavy atom. The molecule has 0 spiro atoms. The molecule has 0 aliphatic heterocycles. The van der Waals surface area contributed by atoms with Crippen LogP contribution in [0.1, 0.15) is 5.69 Å². The number of aromatic nitrogens is 1. The first-order valence-electron chi connectivity index (χ1n) is 5.00. The number of hydrogen-bond donors (Lipinski definition) is 2. The number of nitrogen functional groups attached to an aromatic ring is 1. The van der Waals surface area contributed by atoms with E-state index in [4.69, 9.17) is 5.73 Å². The smallest absolute Gasteiger partial charge is 0.396 e. The maximum absolute atomic E-state index is 11.7. The highest BCUT2D eigenvalue weighted by Crippen LogP contribution is 2.15. The lowest BCUT2D eigenvalue weighted by Gasteiger charge is -2.10. The molecule has 1 aromatic rings. The Morgan fingerprint density at radius 1 is 1.41 bits per heavy atom. The third kappa shape index (κ3) is 5.39. The van der Waals surface area contributed by atoms with E-state index in [0.717, 1.165) is 5.69 Å². The molecule has 0 amide bonds. The highest BCUT2D eigenvalue weighted by atomic mass is 19.4. The van der Waals surface area contributed by atoms with Gasteiger partial charge in [-0.05, 0) is 19.1 Å². The number of alkyl halides is 3. The Balaban J connectivity index is 2.29. The zero-order chi connectivity index (χ0) is 12.9. The van der Waals surface area contributed by atoms with Gasteiger partial charge in [-0.15, -0.1) is 0 Å². The van der Waals surface area contributed by atoms with E-state index in [1.54, 1.807) is 19.1 Å². The van der Waals surface area contributed by atoms with Gasteiger partial charge in [0.1, 0.15) is 12.4 Å². The van der Waals surface area contributed by atoms with Crippen molar-refractivity contribution in [3.63, 3.8) is 0 Å². The van der Waals surface area contributed by atoms with Crippen molar-refractivity contribution in [2.75, 3.05) is 30.8 Å². The van der Waals surface area contributed by atoms with E-state index in [-0.39, 0.29) is 13.2 Å². The van der Waals surface area contributed by atoms with E-state index in [9.17, 15) is 13.2 Å². The second kappa shape index (κ2) is 5.72. The molecule has 17 heavy (non-hydrogen) atoms. The lowest BCUT2D eigenvalue weighted by atomic mass is 10.3. The lowest BCUT2D eigenvalue weighted by molar-refractivity contribution is -0.172. The minimum absolute atomic E-state index is 0.0609. The van der Waals surface area contributed by atoms with Crippen LogP contribution in [0.3, 0.4) is 0 Å². The van der Waals surface area contributed by atoms with Gasteiger partial charge in [0, 0.05) is 12.2 Å². The molecule has 0 aliphatic carbocycles. The number of aryl methyl sites for hydroxylation is 1. The fourth-order valence-corrected chi connectivity index (χ4v) is 1.14. The Hall–Kier alpha value is -1.50. The summed E-state index contributed by atoms with van der Waals surface area (Å²) >= 11 is 0. The normalized spacial score (nSPS) is 11.5. The number of nitrogens with zero attached hydrogens (tertiary/aromatic N) is 1. The number of halogens is 3. The van der Waals surface area contributed by atoms with Crippen molar-refractivity contribution in [3.8, 4) is 0 Å². The number of hydrogen-bond acceptors (Lipinski definition) is 4. The molecule has 1 heterocycles. The number of rotatable bonds is 5. The third-order valence-electron chi connectivity index (χ3n) is 1.87. The van der Waals surface area contributed by atoms with Crippen LogP contribution in [0.4, 0.5) is 24.7 Å². The number of ether oxygens (including phenoxy) is 1. The molecule has 7 heteroatoms. The van der Waals surface area contributed by atoms with Crippen LogP contribution in [0.5, 0.6) is 0 Å². The molecule has 0 radical (unpaired) electrons. The zero-order valence-electron chi connectivity index (χ0n) is 9.34. The number of pyridine rings is 1. The molecule has 1 rings (SSSR count). The predicted molar refractivity (Wildman–Crippen MR) is 58.8 cm³/mol. The summed E-state index contributed by atoms with van der Waals surface area (Å²) < 4.78 is 39.7. The quantitative estimate of drug-likeness (QED) is 0.783. The average molecular weight is 249 g/mol. The largest absolute Gasteiger partial charge is 0.411 e. The number of nitrogens with one attached hydrogen (secondary N) is 1. The Kier molecular flexibility index (Phi) is 4.56. The second-order valence-corrected chi connectivity index (χ2v) is 3.49. The summed E-state index contributed by atoms with van der Waals surface area (Å²) in [4.78, 5) is 4.11. The highest BCUT2D eigenvalue weighted by Gasteiger charge is 2.27. The van der Waals surface area contributed by atoms with Gasteiger partial charge in [-0.1, -0.05) is 0 Å². The van der Waals surface area contributed by atoms with Gasteiger partial charge in [0.15, 0.2) is 0 Å². The summed E-state index contributed by atoms with van der Waals surface area (Å²) in [5.41, 5.74) is 6.85. The summed E-state index contributed by atoms with van der Waals surface area (Å²) in [5, 5.41) is 2.81. The van der Waals surface area contributed by atoms with Crippen LogP contribution in [-0.2, 0) is 4.74 Å². The molecule has 0 unspecified atom stereocenters. The molecular formula is C10H14F3N3O. The van der Waals surface area contributed by atoms with E-state index in [1.807, 2.05) is 0 Å². The van der Waals surface area contributed by atoms with Gasteiger partial charge in [0.05, 0.1) is 12.3 Å². The third-order valence-corrected chi connectivity index (χ3v) is 1.87. The van der Waals surface area contributed by atoms with Gasteiger partial charge in [0.2, 0.25) is 0 Å². The fourth-order valence-electron chi connectivity index (χ4n) is 1.14. The minimum Gasteiger partial charge on any atom is -0.396 e. The van der Waals surface area contributed by atoms with Crippen LogP contribution in [-0.4, -0.2) is 30.9 Å². The molecule has 0 saturated heterocycles. The predicted octanol–water partition coefficient (Wildman–Crippen LogP) is 1.96. The molecule has 3 N–H and O–H groups in total. The molecule has 0 aliphatic rings. The van der Waals surface area contributed by atoms with Crippen LogP contribution in [0.2, 0.25) is 0 Å². The maximum atomic E-state index is 11.7. The Bertz CT molecular complexity index is 368. The number of nitrogens with two attached hydrogens (primary N) is 1. The van der Waals surface area contributed by atoms with Crippen molar-refractivity contribution in [2.45, 2.75) is 13.1 Å². The first-order chi connectivity index (χ1) is 7.88. The van der Waals surface area contributed by atoms with Crippen molar-refractivity contribution in [3.05, 3.63) is 17.8 Å². The molecule has 1 aromatic heterocycles. The summed E-state index contributed by atoms with van der Waals surface area (Å²) in [5.74, 6) is 0.459. The van der Waals surface area contributed by atoms with E-state index < -0.39 is 12.8 Å². The molecule has 96 valence electrons. The van der Waals surface area contributed by atoms with Gasteiger partial charge in [0.25, 0.3) is 0 Å². The van der Waals surface area contributed by atoms with Crippen LogP contribution < -0.4 is 11.1 Å². The van der Waals surface area contributed by atoms with E-state index in [0.29, 0.717) is 11.5 Å². The van der Waals surface area contributed by atoms with Gasteiger partial charge in [-0.2, -0.15) is 13.2 Å². The van der Waals surface area contributed by atoms with E-state index >= 15 is 0 Å². The molecule has 0 saturated carbocycles. The standard InChI is InChI=1S/C10H14F3N3O/c1-7-2-3-8(14)9(16-7)15-4-5-17-6-10(11,12)13/h2-3H,4-6,14H2,1H3,(H,15,16). The van der Waals surface area contributed by atoms with E-state index in [2.05, 4.69) is 15.0 Å². The molecule has 0 bridgehead atoms. The summed E-state index contributed by atoms with van der Waals surface area (Å²) in [6.45, 7) is 0.710. The van der Waals surface area contributed by atoms with Crippen molar-refractivity contribution in [1.82, 2.24) is 4.98 Å². The fraction of sp³-hybridized carbons (Fsp3) is 0.500. The summed E-state index contributed by atoms with van der Waals surface area (Å²) in [6.07, 6.45) is -4.29. The number of anilines is 2. The van der Waals surface area contributed by atoms with Crippen LogP contribution in [0.25, 0.3) is 0 Å². The second-order valence-electron chi connectivity index (χ2n) is 3.49. The summed E-state index contributed by atoms with van der Waals surface area (Å²) in [7, 11) is 0. The van der Waals surface area contributed by atoms with Crippen molar-refractivity contribution >= 4 is 11.5 Å². The minimum atomic E-state index is -4.29. The Labute approximate surface area is 97.0 Å². The first kappa shape index (κ1) is 13.6. The molecule has 0 fully saturated rings. The average Bonchev–Trinajstić information content (AvgIpc) is 2.21. The van der Waals surface area contributed by atoms with Gasteiger partial charge in [-0.3, -0.25) is 0 Å². The SMILES string of the molecule is Cc1ccc(N)c(NCCOCC(F)(F)F)n1. The highest BCUT2D eigenvalue weighted by molar-refractivity contribution is 5.61. The maximum Gasteiger partial charge on any atom is 0.411 e. The Morgan fingerprint density at radius 2 is 2.12 bits per heavy atom. The molecule has 0 aromatic carbocycles. The lowest BCUT2D eigenvalue weighted by Crippen LogP contribution is -2.20. The van der Waals surface area contributed by atoms with Crippen molar-refractivity contribution < 1.29 is 17.9 Å². The van der Waals surface area contributed by atoms with Crippen LogP contribution >= 0.6 is 0 Å². The monoisotopic (exact) mass is 249 g/mol. The van der Waals surface area contributed by atoms with E-state index in [1.165, 1.54) is 0 Å². The van der Waals surface area contributed by atoms with Crippen molar-refractivity contribution in [1.29, 1.82) is 0 Å². The first-order valence-corrected chi connectivity index (χ1v) is 5.00. The topological polar surface area (TPSA) is 60.2 Å². The van der Waals surface area contributed by atoms with Crippen molar-refractivity contribution in [2.24, 2.45) is 0 Å². The van der Waals surface area contributed by atoms with Crippen LogP contribution in [0.15, 0.2) is 12.1 Å². The van der Waals surface area contributed by atoms with Gasteiger partial charge in [-0.25, -0.2) is 4.98 Å². The molecule has 4 nitrogen and oxygen atoms in total. The van der Waals surface area contributed by atoms with Gasteiger partial charge >= 0.3 is 6.18 Å². The molecular weight excluding hydrogens is 235 g/mol. The summed E-state index contributed by atoms with van der Waals surface area (Å²) in [6, 6.07) is 3.43.